The van der Waals surface area contributed by atoms with Gasteiger partial charge in [-0.25, -0.2) is 4.98 Å². The number of nitrogens with zero attached hydrogens (tertiary/aromatic N) is 4. The fraction of sp³-hybridized carbons (Fsp3) is 0.429. The molecule has 0 radical (unpaired) electrons. The zero-order valence-corrected chi connectivity index (χ0v) is 13.3. The van der Waals surface area contributed by atoms with Crippen molar-refractivity contribution in [1.82, 2.24) is 15.2 Å². The molecule has 128 valence electrons. The van der Waals surface area contributed by atoms with Crippen LogP contribution in [0.25, 0.3) is 0 Å². The molecule has 1 aliphatic rings. The van der Waals surface area contributed by atoms with Crippen LogP contribution >= 0.6 is 11.3 Å². The summed E-state index contributed by atoms with van der Waals surface area (Å²) < 4.78 is 38.0. The summed E-state index contributed by atoms with van der Waals surface area (Å²) in [5, 5.41) is 12.1. The molecule has 1 fully saturated rings. The predicted octanol–water partition coefficient (Wildman–Crippen LogP) is 2.96. The molecule has 1 aliphatic heterocycles. The standard InChI is InChI=1S/C14H14F3N5OS/c15-14(16,17)9-3-5-22(6-4-9)12-2-1-11(20-21-12)19-13(23)10-7-24-8-18-10/h1-2,7-9H,3-6H2,(H,19,20,23). The van der Waals surface area contributed by atoms with Crippen LogP contribution in [0.1, 0.15) is 23.3 Å². The molecule has 0 unspecified atom stereocenters. The van der Waals surface area contributed by atoms with E-state index in [4.69, 9.17) is 0 Å². The zero-order valence-electron chi connectivity index (χ0n) is 12.5. The largest absolute Gasteiger partial charge is 0.391 e. The van der Waals surface area contributed by atoms with Gasteiger partial charge >= 0.3 is 6.18 Å². The van der Waals surface area contributed by atoms with Crippen LogP contribution in [0.3, 0.4) is 0 Å². The molecule has 10 heteroatoms. The minimum absolute atomic E-state index is 0.0491. The molecule has 0 atom stereocenters. The van der Waals surface area contributed by atoms with Gasteiger partial charge in [0.1, 0.15) is 5.69 Å². The Bertz CT molecular complexity index is 681. The molecule has 24 heavy (non-hydrogen) atoms. The summed E-state index contributed by atoms with van der Waals surface area (Å²) in [5.74, 6) is -0.869. The summed E-state index contributed by atoms with van der Waals surface area (Å²) >= 11 is 1.31. The van der Waals surface area contributed by atoms with E-state index >= 15 is 0 Å². The highest BCUT2D eigenvalue weighted by atomic mass is 32.1. The Morgan fingerprint density at radius 2 is 2.00 bits per heavy atom. The third kappa shape index (κ3) is 3.81. The number of halogens is 3. The van der Waals surface area contributed by atoms with E-state index in [0.717, 1.165) is 0 Å². The van der Waals surface area contributed by atoms with Crippen molar-refractivity contribution in [2.45, 2.75) is 19.0 Å². The maximum absolute atomic E-state index is 12.7. The summed E-state index contributed by atoms with van der Waals surface area (Å²) in [6.07, 6.45) is -4.04. The lowest BCUT2D eigenvalue weighted by molar-refractivity contribution is -0.179. The molecule has 2 aromatic rings. The van der Waals surface area contributed by atoms with Crippen molar-refractivity contribution in [3.05, 3.63) is 28.7 Å². The number of aromatic nitrogens is 3. The first-order valence-electron chi connectivity index (χ1n) is 7.28. The number of alkyl halides is 3. The van der Waals surface area contributed by atoms with Gasteiger partial charge in [0.05, 0.1) is 11.4 Å². The number of piperidine rings is 1. The minimum atomic E-state index is -4.14. The summed E-state index contributed by atoms with van der Waals surface area (Å²) in [7, 11) is 0. The van der Waals surface area contributed by atoms with Crippen molar-refractivity contribution in [2.24, 2.45) is 5.92 Å². The molecule has 0 aromatic carbocycles. The minimum Gasteiger partial charge on any atom is -0.355 e. The third-order valence-electron chi connectivity index (χ3n) is 3.84. The van der Waals surface area contributed by atoms with Gasteiger partial charge in [-0.15, -0.1) is 21.5 Å². The number of nitrogens with one attached hydrogen (secondary N) is 1. The summed E-state index contributed by atoms with van der Waals surface area (Å²) in [6, 6.07) is 3.21. The number of amides is 1. The van der Waals surface area contributed by atoms with E-state index < -0.39 is 12.1 Å². The normalized spacial score (nSPS) is 16.2. The van der Waals surface area contributed by atoms with Crippen LogP contribution in [0.15, 0.2) is 23.0 Å². The lowest BCUT2D eigenvalue weighted by Gasteiger charge is -2.33. The van der Waals surface area contributed by atoms with Gasteiger partial charge < -0.3 is 10.2 Å². The highest BCUT2D eigenvalue weighted by Gasteiger charge is 2.41. The fourth-order valence-electron chi connectivity index (χ4n) is 2.50. The summed E-state index contributed by atoms with van der Waals surface area (Å²) in [4.78, 5) is 17.5. The Morgan fingerprint density at radius 1 is 1.25 bits per heavy atom. The Labute approximate surface area is 139 Å². The molecule has 0 bridgehead atoms. The van der Waals surface area contributed by atoms with Crippen LogP contribution in [-0.2, 0) is 0 Å². The molecule has 1 N–H and O–H groups in total. The van der Waals surface area contributed by atoms with E-state index in [1.807, 2.05) is 0 Å². The summed E-state index contributed by atoms with van der Waals surface area (Å²) in [5.41, 5.74) is 1.84. The van der Waals surface area contributed by atoms with Gasteiger partial charge in [-0.2, -0.15) is 13.2 Å². The van der Waals surface area contributed by atoms with Gasteiger partial charge in [0.15, 0.2) is 11.6 Å². The highest BCUT2D eigenvalue weighted by molar-refractivity contribution is 7.07. The molecular weight excluding hydrogens is 343 g/mol. The number of hydrogen-bond acceptors (Lipinski definition) is 6. The van der Waals surface area contributed by atoms with E-state index in [2.05, 4.69) is 20.5 Å². The van der Waals surface area contributed by atoms with E-state index in [1.165, 1.54) is 11.3 Å². The zero-order chi connectivity index (χ0) is 17.2. The van der Waals surface area contributed by atoms with Crippen molar-refractivity contribution in [3.63, 3.8) is 0 Å². The number of carbonyl (C=O) groups is 1. The molecule has 3 heterocycles. The van der Waals surface area contributed by atoms with Crippen molar-refractivity contribution < 1.29 is 18.0 Å². The van der Waals surface area contributed by atoms with E-state index in [1.54, 1.807) is 27.9 Å². The molecule has 0 spiro atoms. The van der Waals surface area contributed by atoms with Crippen LogP contribution in [0.4, 0.5) is 24.8 Å². The topological polar surface area (TPSA) is 71.0 Å². The molecule has 3 rings (SSSR count). The maximum Gasteiger partial charge on any atom is 0.391 e. The van der Waals surface area contributed by atoms with E-state index in [-0.39, 0.29) is 37.7 Å². The second-order valence-corrected chi connectivity index (χ2v) is 6.13. The quantitative estimate of drug-likeness (QED) is 0.914. The maximum atomic E-state index is 12.7. The molecule has 2 aromatic heterocycles. The van der Waals surface area contributed by atoms with Gasteiger partial charge in [0.25, 0.3) is 5.91 Å². The van der Waals surface area contributed by atoms with Crippen LogP contribution in [-0.4, -0.2) is 40.4 Å². The number of hydrogen-bond donors (Lipinski definition) is 1. The first-order chi connectivity index (χ1) is 11.4. The van der Waals surface area contributed by atoms with Gasteiger partial charge in [-0.1, -0.05) is 0 Å². The van der Waals surface area contributed by atoms with E-state index in [0.29, 0.717) is 11.5 Å². The molecule has 6 nitrogen and oxygen atoms in total. The lowest BCUT2D eigenvalue weighted by Crippen LogP contribution is -2.39. The average molecular weight is 357 g/mol. The Balaban J connectivity index is 1.58. The lowest BCUT2D eigenvalue weighted by atomic mass is 9.96. The molecule has 1 amide bonds. The number of anilines is 2. The molecule has 0 aliphatic carbocycles. The second-order valence-electron chi connectivity index (χ2n) is 5.41. The van der Waals surface area contributed by atoms with Crippen LogP contribution in [0, 0.1) is 5.92 Å². The monoisotopic (exact) mass is 357 g/mol. The van der Waals surface area contributed by atoms with Crippen LogP contribution < -0.4 is 10.2 Å². The average Bonchev–Trinajstić information content (AvgIpc) is 3.09. The van der Waals surface area contributed by atoms with Crippen LogP contribution in [0.5, 0.6) is 0 Å². The molecule has 0 saturated carbocycles. The van der Waals surface area contributed by atoms with Gasteiger partial charge in [-0.3, -0.25) is 4.79 Å². The second kappa shape index (κ2) is 6.71. The van der Waals surface area contributed by atoms with E-state index in [9.17, 15) is 18.0 Å². The SMILES string of the molecule is O=C(Nc1ccc(N2CCC(C(F)(F)F)CC2)nn1)c1cscn1. The third-order valence-corrected chi connectivity index (χ3v) is 4.43. The number of carbonyl (C=O) groups excluding carboxylic acids is 1. The van der Waals surface area contributed by atoms with Crippen molar-refractivity contribution >= 4 is 28.9 Å². The smallest absolute Gasteiger partial charge is 0.355 e. The Kier molecular flexibility index (Phi) is 4.65. The predicted molar refractivity (Wildman–Crippen MR) is 83.1 cm³/mol. The first-order valence-corrected chi connectivity index (χ1v) is 8.22. The Morgan fingerprint density at radius 3 is 2.54 bits per heavy atom. The van der Waals surface area contributed by atoms with Crippen molar-refractivity contribution in [2.75, 3.05) is 23.3 Å². The van der Waals surface area contributed by atoms with Crippen molar-refractivity contribution in [1.29, 1.82) is 0 Å². The number of rotatable bonds is 3. The Hall–Kier alpha value is -2.23. The van der Waals surface area contributed by atoms with Crippen LogP contribution in [0.2, 0.25) is 0 Å². The first kappa shape index (κ1) is 16.6. The summed E-state index contributed by atoms with van der Waals surface area (Å²) in [6.45, 7) is 0.562. The number of thiazole rings is 1. The fourth-order valence-corrected chi connectivity index (χ4v) is 3.03. The molecular formula is C14H14F3N5OS. The van der Waals surface area contributed by atoms with Gasteiger partial charge in [0.2, 0.25) is 0 Å². The van der Waals surface area contributed by atoms with Gasteiger partial charge in [0, 0.05) is 18.5 Å². The van der Waals surface area contributed by atoms with Gasteiger partial charge in [-0.05, 0) is 25.0 Å². The molecule has 1 saturated heterocycles. The highest BCUT2D eigenvalue weighted by Crippen LogP contribution is 2.34. The van der Waals surface area contributed by atoms with Crippen molar-refractivity contribution in [3.8, 4) is 0 Å².